The Hall–Kier alpha value is -3.52. The summed E-state index contributed by atoms with van der Waals surface area (Å²) in [6.45, 7) is 4.76. The van der Waals surface area contributed by atoms with E-state index in [9.17, 15) is 9.59 Å². The van der Waals surface area contributed by atoms with Gasteiger partial charge in [-0.15, -0.1) is 11.3 Å². The highest BCUT2D eigenvalue weighted by Crippen LogP contribution is 2.38. The second-order valence-electron chi connectivity index (χ2n) is 9.07. The fourth-order valence-corrected chi connectivity index (χ4v) is 5.71. The second kappa shape index (κ2) is 10.2. The van der Waals surface area contributed by atoms with Gasteiger partial charge in [0.25, 0.3) is 5.91 Å². The molecule has 2 atom stereocenters. The Balaban J connectivity index is 1.42. The van der Waals surface area contributed by atoms with E-state index >= 15 is 0 Å². The van der Waals surface area contributed by atoms with Crippen molar-refractivity contribution in [3.63, 3.8) is 0 Å². The van der Waals surface area contributed by atoms with Crippen molar-refractivity contribution in [1.82, 2.24) is 9.80 Å². The summed E-state index contributed by atoms with van der Waals surface area (Å²) in [5.41, 5.74) is 2.67. The molecular formula is C28H30N2O5S. The van der Waals surface area contributed by atoms with Crippen molar-refractivity contribution in [3.8, 4) is 17.2 Å². The summed E-state index contributed by atoms with van der Waals surface area (Å²) < 4.78 is 16.2. The first-order chi connectivity index (χ1) is 17.5. The van der Waals surface area contributed by atoms with Crippen LogP contribution in [0.3, 0.4) is 0 Å². The van der Waals surface area contributed by atoms with Crippen LogP contribution in [0.4, 0.5) is 0 Å². The number of thiophene rings is 1. The molecule has 188 valence electrons. The predicted molar refractivity (Wildman–Crippen MR) is 138 cm³/mol. The summed E-state index contributed by atoms with van der Waals surface area (Å²) in [6.07, 6.45) is 1.55. The Labute approximate surface area is 215 Å². The molecule has 0 bridgehead atoms. The van der Waals surface area contributed by atoms with E-state index in [1.807, 2.05) is 43.0 Å². The van der Waals surface area contributed by atoms with Gasteiger partial charge < -0.3 is 24.0 Å². The standard InChI is InChI=1S/C28H30N2O5S/c1-4-18(2)30(28(32)20-7-10-23-24(15-20)35-17-34-23)16-26(31)29-13-11-25-22(12-14-36-25)27(29)19-5-8-21(33-3)9-6-19/h5-10,12,14-15,18,27H,4,11,13,16-17H2,1-3H3. The third-order valence-electron chi connectivity index (χ3n) is 7.03. The van der Waals surface area contributed by atoms with Crippen molar-refractivity contribution in [1.29, 1.82) is 0 Å². The van der Waals surface area contributed by atoms with E-state index in [2.05, 4.69) is 11.4 Å². The Bertz CT molecular complexity index is 1260. The minimum absolute atomic E-state index is 0.00834. The molecular weight excluding hydrogens is 476 g/mol. The number of methoxy groups -OCH3 is 1. The monoisotopic (exact) mass is 506 g/mol. The van der Waals surface area contributed by atoms with Gasteiger partial charge in [-0.1, -0.05) is 19.1 Å². The molecule has 3 aromatic rings. The van der Waals surface area contributed by atoms with Crippen LogP contribution in [0.1, 0.15) is 52.7 Å². The summed E-state index contributed by atoms with van der Waals surface area (Å²) in [7, 11) is 1.64. The maximum absolute atomic E-state index is 13.9. The number of ether oxygens (including phenoxy) is 3. The summed E-state index contributed by atoms with van der Waals surface area (Å²) >= 11 is 1.73. The molecule has 2 amide bonds. The molecule has 7 nitrogen and oxygen atoms in total. The summed E-state index contributed by atoms with van der Waals surface area (Å²) in [6, 6.07) is 14.9. The van der Waals surface area contributed by atoms with Crippen LogP contribution in [0.2, 0.25) is 0 Å². The van der Waals surface area contributed by atoms with Crippen LogP contribution in [-0.2, 0) is 11.2 Å². The Kier molecular flexibility index (Phi) is 6.87. The maximum atomic E-state index is 13.9. The van der Waals surface area contributed by atoms with Crippen molar-refractivity contribution >= 4 is 23.2 Å². The highest BCUT2D eigenvalue weighted by atomic mass is 32.1. The Morgan fingerprint density at radius 1 is 1.14 bits per heavy atom. The number of hydrogen-bond donors (Lipinski definition) is 0. The molecule has 0 N–H and O–H groups in total. The van der Waals surface area contributed by atoms with Gasteiger partial charge in [-0.25, -0.2) is 0 Å². The third kappa shape index (κ3) is 4.53. The number of hydrogen-bond acceptors (Lipinski definition) is 6. The average molecular weight is 507 g/mol. The van der Waals surface area contributed by atoms with Gasteiger partial charge in [0.2, 0.25) is 12.7 Å². The molecule has 0 fully saturated rings. The van der Waals surface area contributed by atoms with Gasteiger partial charge in [-0.3, -0.25) is 9.59 Å². The fourth-order valence-electron chi connectivity index (χ4n) is 4.81. The molecule has 5 rings (SSSR count). The number of benzene rings is 2. The highest BCUT2D eigenvalue weighted by Gasteiger charge is 2.35. The van der Waals surface area contributed by atoms with Gasteiger partial charge in [-0.2, -0.15) is 0 Å². The van der Waals surface area contributed by atoms with E-state index in [1.54, 1.807) is 41.5 Å². The van der Waals surface area contributed by atoms with Crippen LogP contribution in [0.25, 0.3) is 0 Å². The molecule has 3 heterocycles. The summed E-state index contributed by atoms with van der Waals surface area (Å²) in [5.74, 6) is 1.69. The normalized spacial score (nSPS) is 16.9. The van der Waals surface area contributed by atoms with Gasteiger partial charge in [0.15, 0.2) is 11.5 Å². The number of carbonyl (C=O) groups excluding carboxylic acids is 2. The van der Waals surface area contributed by atoms with Crippen LogP contribution in [-0.4, -0.2) is 54.6 Å². The molecule has 0 aliphatic carbocycles. The number of amides is 2. The smallest absolute Gasteiger partial charge is 0.254 e. The van der Waals surface area contributed by atoms with Crippen molar-refractivity contribution in [2.45, 2.75) is 38.8 Å². The Morgan fingerprint density at radius 3 is 2.67 bits per heavy atom. The SMILES string of the molecule is CCC(C)N(CC(=O)N1CCc2sccc2C1c1ccc(OC)cc1)C(=O)c1ccc2c(c1)OCO2. The van der Waals surface area contributed by atoms with E-state index in [0.29, 0.717) is 23.6 Å². The minimum atomic E-state index is -0.196. The van der Waals surface area contributed by atoms with Crippen molar-refractivity contribution < 1.29 is 23.8 Å². The zero-order valence-electron chi connectivity index (χ0n) is 20.7. The van der Waals surface area contributed by atoms with Gasteiger partial charge in [-0.05, 0) is 72.7 Å². The minimum Gasteiger partial charge on any atom is -0.497 e. The maximum Gasteiger partial charge on any atom is 0.254 e. The topological polar surface area (TPSA) is 68.3 Å². The van der Waals surface area contributed by atoms with Crippen LogP contribution in [0, 0.1) is 0 Å². The van der Waals surface area contributed by atoms with Crippen LogP contribution in [0.15, 0.2) is 53.9 Å². The summed E-state index contributed by atoms with van der Waals surface area (Å²) in [5, 5.41) is 2.09. The van der Waals surface area contributed by atoms with Crippen LogP contribution >= 0.6 is 11.3 Å². The van der Waals surface area contributed by atoms with E-state index in [1.165, 1.54) is 4.88 Å². The van der Waals surface area contributed by atoms with Crippen molar-refractivity contribution in [2.24, 2.45) is 0 Å². The zero-order chi connectivity index (χ0) is 25.2. The largest absolute Gasteiger partial charge is 0.497 e. The van der Waals surface area contributed by atoms with Crippen LogP contribution in [0.5, 0.6) is 17.2 Å². The molecule has 36 heavy (non-hydrogen) atoms. The first-order valence-corrected chi connectivity index (χ1v) is 13.1. The van der Waals surface area contributed by atoms with Gasteiger partial charge >= 0.3 is 0 Å². The lowest BCUT2D eigenvalue weighted by Gasteiger charge is -2.38. The van der Waals surface area contributed by atoms with Crippen molar-refractivity contribution in [3.05, 3.63) is 75.5 Å². The lowest BCUT2D eigenvalue weighted by atomic mass is 9.93. The molecule has 0 saturated carbocycles. The molecule has 2 aromatic carbocycles. The second-order valence-corrected chi connectivity index (χ2v) is 10.1. The number of fused-ring (bicyclic) bond motifs is 2. The quantitative estimate of drug-likeness (QED) is 0.456. The van der Waals surface area contributed by atoms with E-state index in [0.717, 1.165) is 29.7 Å². The Morgan fingerprint density at radius 2 is 1.92 bits per heavy atom. The molecule has 8 heteroatoms. The highest BCUT2D eigenvalue weighted by molar-refractivity contribution is 7.10. The zero-order valence-corrected chi connectivity index (χ0v) is 21.5. The molecule has 2 aliphatic heterocycles. The first-order valence-electron chi connectivity index (χ1n) is 12.2. The van der Waals surface area contributed by atoms with Gasteiger partial charge in [0.05, 0.1) is 13.2 Å². The number of carbonyl (C=O) groups is 2. The molecule has 1 aromatic heterocycles. The average Bonchev–Trinajstić information content (AvgIpc) is 3.59. The third-order valence-corrected chi connectivity index (χ3v) is 8.02. The fraction of sp³-hybridized carbons (Fsp3) is 0.357. The molecule has 2 aliphatic rings. The molecule has 0 radical (unpaired) electrons. The number of rotatable bonds is 7. The molecule has 2 unspecified atom stereocenters. The van der Waals surface area contributed by atoms with E-state index in [-0.39, 0.29) is 37.2 Å². The number of nitrogens with zero attached hydrogens (tertiary/aromatic N) is 2. The van der Waals surface area contributed by atoms with Gasteiger partial charge in [0, 0.05) is 23.0 Å². The lowest BCUT2D eigenvalue weighted by Crippen LogP contribution is -2.49. The molecule has 0 saturated heterocycles. The first kappa shape index (κ1) is 24.2. The predicted octanol–water partition coefficient (Wildman–Crippen LogP) is 4.90. The summed E-state index contributed by atoms with van der Waals surface area (Å²) in [4.78, 5) is 32.3. The van der Waals surface area contributed by atoms with Gasteiger partial charge in [0.1, 0.15) is 12.3 Å². The van der Waals surface area contributed by atoms with Crippen molar-refractivity contribution in [2.75, 3.05) is 27.0 Å². The lowest BCUT2D eigenvalue weighted by molar-refractivity contribution is -0.134. The molecule has 0 spiro atoms. The van der Waals surface area contributed by atoms with E-state index < -0.39 is 0 Å². The van der Waals surface area contributed by atoms with E-state index in [4.69, 9.17) is 14.2 Å². The van der Waals surface area contributed by atoms with Crippen LogP contribution < -0.4 is 14.2 Å².